The van der Waals surface area contributed by atoms with Gasteiger partial charge in [0.1, 0.15) is 11.3 Å². The molecular formula is C28H34N2O6. The number of ether oxygens (including phenoxy) is 2. The van der Waals surface area contributed by atoms with Crippen LogP contribution in [0.25, 0.3) is 0 Å². The Labute approximate surface area is 212 Å². The molecule has 0 aromatic heterocycles. The lowest BCUT2D eigenvalue weighted by Crippen LogP contribution is -2.39. The number of hydrogen-bond donors (Lipinski definition) is 0. The Balaban J connectivity index is 1.75. The van der Waals surface area contributed by atoms with Crippen molar-refractivity contribution in [3.8, 4) is 5.75 Å². The number of imide groups is 1. The molecule has 1 heterocycles. The standard InChI is InChI=1S/C28H34N2O6/c1-6-35-24-12-11-20(16-30-26(32)21-9-7-8-10-22(21)27(30)33)13-23(24)28(34)36-17-25(31)29(14-18(2)3)15-19(4)5/h7-13,18-19H,6,14-17H2,1-5H3. The van der Waals surface area contributed by atoms with E-state index in [2.05, 4.69) is 0 Å². The first-order valence-corrected chi connectivity index (χ1v) is 12.3. The third-order valence-electron chi connectivity index (χ3n) is 5.63. The summed E-state index contributed by atoms with van der Waals surface area (Å²) in [4.78, 5) is 54.1. The molecule has 1 aliphatic rings. The summed E-state index contributed by atoms with van der Waals surface area (Å²) >= 11 is 0. The maximum atomic E-state index is 13.0. The van der Waals surface area contributed by atoms with Crippen molar-refractivity contribution in [1.29, 1.82) is 0 Å². The van der Waals surface area contributed by atoms with E-state index < -0.39 is 5.97 Å². The summed E-state index contributed by atoms with van der Waals surface area (Å²) in [5.41, 5.74) is 1.42. The van der Waals surface area contributed by atoms with E-state index in [1.54, 1.807) is 54.3 Å². The summed E-state index contributed by atoms with van der Waals surface area (Å²) < 4.78 is 11.0. The third-order valence-corrected chi connectivity index (χ3v) is 5.63. The van der Waals surface area contributed by atoms with E-state index in [0.717, 1.165) is 4.90 Å². The van der Waals surface area contributed by atoms with Crippen LogP contribution in [0.3, 0.4) is 0 Å². The minimum absolute atomic E-state index is 0.00544. The third kappa shape index (κ3) is 6.30. The zero-order valence-electron chi connectivity index (χ0n) is 21.6. The second kappa shape index (κ2) is 11.8. The number of fused-ring (bicyclic) bond motifs is 1. The fourth-order valence-electron chi connectivity index (χ4n) is 4.14. The first-order valence-electron chi connectivity index (χ1n) is 12.3. The van der Waals surface area contributed by atoms with Crippen molar-refractivity contribution in [3.63, 3.8) is 0 Å². The summed E-state index contributed by atoms with van der Waals surface area (Å²) in [5.74, 6) is -0.846. The fourth-order valence-corrected chi connectivity index (χ4v) is 4.14. The number of carbonyl (C=O) groups is 4. The normalized spacial score (nSPS) is 12.8. The Kier molecular flexibility index (Phi) is 8.85. The zero-order valence-corrected chi connectivity index (χ0v) is 21.6. The van der Waals surface area contributed by atoms with Crippen LogP contribution in [0.1, 0.15) is 71.3 Å². The van der Waals surface area contributed by atoms with Gasteiger partial charge in [-0.3, -0.25) is 19.3 Å². The lowest BCUT2D eigenvalue weighted by Gasteiger charge is -2.26. The molecule has 0 spiro atoms. The number of carbonyl (C=O) groups excluding carboxylic acids is 4. The van der Waals surface area contributed by atoms with E-state index in [-0.39, 0.29) is 48.3 Å². The summed E-state index contributed by atoms with van der Waals surface area (Å²) in [7, 11) is 0. The maximum absolute atomic E-state index is 13.0. The Bertz CT molecular complexity index is 1100. The van der Waals surface area contributed by atoms with Gasteiger partial charge in [0.25, 0.3) is 17.7 Å². The Morgan fingerprint density at radius 1 is 0.917 bits per heavy atom. The first kappa shape index (κ1) is 26.9. The lowest BCUT2D eigenvalue weighted by atomic mass is 10.1. The number of nitrogens with zero attached hydrogens (tertiary/aromatic N) is 2. The van der Waals surface area contributed by atoms with Crippen LogP contribution in [-0.4, -0.2) is 59.8 Å². The highest BCUT2D eigenvalue weighted by molar-refractivity contribution is 6.21. The van der Waals surface area contributed by atoms with Crippen LogP contribution in [0.4, 0.5) is 0 Å². The van der Waals surface area contributed by atoms with Gasteiger partial charge in [0.15, 0.2) is 6.61 Å². The van der Waals surface area contributed by atoms with Crippen LogP contribution in [0, 0.1) is 11.8 Å². The fraction of sp³-hybridized carbons (Fsp3) is 0.429. The van der Waals surface area contributed by atoms with E-state index >= 15 is 0 Å². The van der Waals surface area contributed by atoms with Gasteiger partial charge in [-0.15, -0.1) is 0 Å². The predicted molar refractivity (Wildman–Crippen MR) is 135 cm³/mol. The predicted octanol–water partition coefficient (Wildman–Crippen LogP) is 4.18. The number of hydrogen-bond acceptors (Lipinski definition) is 6. The van der Waals surface area contributed by atoms with E-state index in [1.807, 2.05) is 27.7 Å². The quantitative estimate of drug-likeness (QED) is 0.344. The first-order chi connectivity index (χ1) is 17.1. The molecule has 0 unspecified atom stereocenters. The van der Waals surface area contributed by atoms with E-state index in [0.29, 0.717) is 42.1 Å². The highest BCUT2D eigenvalue weighted by Gasteiger charge is 2.35. The van der Waals surface area contributed by atoms with Crippen LogP contribution in [0.2, 0.25) is 0 Å². The Hall–Kier alpha value is -3.68. The molecule has 1 aliphatic heterocycles. The van der Waals surface area contributed by atoms with Crippen molar-refractivity contribution in [1.82, 2.24) is 9.80 Å². The molecular weight excluding hydrogens is 460 g/mol. The van der Waals surface area contributed by atoms with Gasteiger partial charge in [-0.1, -0.05) is 45.9 Å². The molecule has 8 heteroatoms. The van der Waals surface area contributed by atoms with Crippen LogP contribution in [0.5, 0.6) is 5.75 Å². The molecule has 3 amide bonds. The van der Waals surface area contributed by atoms with Crippen molar-refractivity contribution in [2.75, 3.05) is 26.3 Å². The Morgan fingerprint density at radius 3 is 2.03 bits per heavy atom. The highest BCUT2D eigenvalue weighted by Crippen LogP contribution is 2.27. The number of amides is 3. The van der Waals surface area contributed by atoms with Gasteiger partial charge in [-0.2, -0.15) is 0 Å². The van der Waals surface area contributed by atoms with E-state index in [4.69, 9.17) is 9.47 Å². The lowest BCUT2D eigenvalue weighted by molar-refractivity contribution is -0.135. The van der Waals surface area contributed by atoms with Gasteiger partial charge >= 0.3 is 5.97 Å². The molecule has 0 radical (unpaired) electrons. The Morgan fingerprint density at radius 2 is 1.50 bits per heavy atom. The van der Waals surface area contributed by atoms with Crippen LogP contribution in [-0.2, 0) is 16.1 Å². The summed E-state index contributed by atoms with van der Waals surface area (Å²) in [6, 6.07) is 11.5. The molecule has 0 aliphatic carbocycles. The van der Waals surface area contributed by atoms with Crippen molar-refractivity contribution in [3.05, 3.63) is 64.7 Å². The summed E-state index contributed by atoms with van der Waals surface area (Å²) in [6.07, 6.45) is 0. The molecule has 2 aromatic carbocycles. The van der Waals surface area contributed by atoms with Gasteiger partial charge in [-0.05, 0) is 48.6 Å². The summed E-state index contributed by atoms with van der Waals surface area (Å²) in [6.45, 7) is 11.0. The molecule has 3 rings (SSSR count). The largest absolute Gasteiger partial charge is 0.493 e. The van der Waals surface area contributed by atoms with Crippen molar-refractivity contribution < 1.29 is 28.7 Å². The van der Waals surface area contributed by atoms with Crippen LogP contribution >= 0.6 is 0 Å². The molecule has 0 atom stereocenters. The molecule has 0 saturated carbocycles. The number of benzene rings is 2. The van der Waals surface area contributed by atoms with E-state index in [9.17, 15) is 19.2 Å². The topological polar surface area (TPSA) is 93.2 Å². The van der Waals surface area contributed by atoms with Gasteiger partial charge < -0.3 is 14.4 Å². The number of rotatable bonds is 11. The minimum atomic E-state index is -0.704. The zero-order chi connectivity index (χ0) is 26.4. The van der Waals surface area contributed by atoms with Crippen molar-refractivity contribution in [2.45, 2.75) is 41.2 Å². The smallest absolute Gasteiger partial charge is 0.342 e. The van der Waals surface area contributed by atoms with Crippen molar-refractivity contribution in [2.24, 2.45) is 11.8 Å². The van der Waals surface area contributed by atoms with Crippen LogP contribution in [0.15, 0.2) is 42.5 Å². The minimum Gasteiger partial charge on any atom is -0.493 e. The van der Waals surface area contributed by atoms with Gasteiger partial charge in [0.05, 0.1) is 24.3 Å². The van der Waals surface area contributed by atoms with Gasteiger partial charge in [0, 0.05) is 13.1 Å². The second-order valence-corrected chi connectivity index (χ2v) is 9.67. The molecule has 0 N–H and O–H groups in total. The molecule has 8 nitrogen and oxygen atoms in total. The number of esters is 1. The molecule has 0 fully saturated rings. The summed E-state index contributed by atoms with van der Waals surface area (Å²) in [5, 5.41) is 0. The van der Waals surface area contributed by atoms with Crippen LogP contribution < -0.4 is 4.74 Å². The van der Waals surface area contributed by atoms with Gasteiger partial charge in [-0.25, -0.2) is 4.79 Å². The SMILES string of the molecule is CCOc1ccc(CN2C(=O)c3ccccc3C2=O)cc1C(=O)OCC(=O)N(CC(C)C)CC(C)C. The molecule has 192 valence electrons. The molecule has 36 heavy (non-hydrogen) atoms. The molecule has 2 aromatic rings. The monoisotopic (exact) mass is 494 g/mol. The average Bonchev–Trinajstić information content (AvgIpc) is 3.07. The van der Waals surface area contributed by atoms with Gasteiger partial charge in [0.2, 0.25) is 0 Å². The van der Waals surface area contributed by atoms with E-state index in [1.165, 1.54) is 0 Å². The average molecular weight is 495 g/mol. The molecule has 0 bridgehead atoms. The second-order valence-electron chi connectivity index (χ2n) is 9.67. The highest BCUT2D eigenvalue weighted by atomic mass is 16.5. The van der Waals surface area contributed by atoms with Crippen molar-refractivity contribution >= 4 is 23.7 Å². The molecule has 0 saturated heterocycles. The maximum Gasteiger partial charge on any atom is 0.342 e.